The second-order valence-electron chi connectivity index (χ2n) is 9.75. The van der Waals surface area contributed by atoms with Crippen LogP contribution < -0.4 is 15.8 Å². The van der Waals surface area contributed by atoms with Crippen molar-refractivity contribution in [2.24, 2.45) is 0 Å². The Morgan fingerprint density at radius 3 is 2.75 bits per heavy atom. The highest BCUT2D eigenvalue weighted by molar-refractivity contribution is 5.88. The van der Waals surface area contributed by atoms with Gasteiger partial charge in [0.1, 0.15) is 11.3 Å². The summed E-state index contributed by atoms with van der Waals surface area (Å²) in [4.78, 5) is 35.3. The van der Waals surface area contributed by atoms with E-state index in [9.17, 15) is 14.7 Å². The number of amides is 1. The molecule has 1 aliphatic rings. The Bertz CT molecular complexity index is 1310. The first-order chi connectivity index (χ1) is 19.4. The van der Waals surface area contributed by atoms with Crippen molar-refractivity contribution in [1.29, 1.82) is 0 Å². The van der Waals surface area contributed by atoms with E-state index in [4.69, 9.17) is 19.9 Å². The van der Waals surface area contributed by atoms with Crippen LogP contribution in [0.2, 0.25) is 0 Å². The van der Waals surface area contributed by atoms with Crippen molar-refractivity contribution >= 4 is 34.7 Å². The Balaban J connectivity index is 1.50. The lowest BCUT2D eigenvalue weighted by atomic mass is 10.1. The molecular formula is C28H38N6O6. The monoisotopic (exact) mass is 554 g/mol. The van der Waals surface area contributed by atoms with Gasteiger partial charge in [0.25, 0.3) is 5.91 Å². The number of ether oxygens (including phenoxy) is 3. The largest absolute Gasteiger partial charge is 0.496 e. The molecular weight excluding hydrogens is 516 g/mol. The first-order valence-corrected chi connectivity index (χ1v) is 13.6. The van der Waals surface area contributed by atoms with Gasteiger partial charge in [0.2, 0.25) is 5.95 Å². The summed E-state index contributed by atoms with van der Waals surface area (Å²) in [6.45, 7) is 4.17. The van der Waals surface area contributed by atoms with Crippen LogP contribution in [0, 0.1) is 0 Å². The second-order valence-corrected chi connectivity index (χ2v) is 9.75. The number of aliphatic hydroxyl groups is 1. The SMILES string of the molecule is CCCC[C@@H](CO)Nc1nc(N)nc2ccn(Cc3cc(CC(=O)OCC(=O)N4CCOCC4)ccc3OC)c12. The van der Waals surface area contributed by atoms with E-state index in [1.165, 1.54) is 0 Å². The predicted octanol–water partition coefficient (Wildman–Crippen LogP) is 1.98. The highest BCUT2D eigenvalue weighted by Gasteiger charge is 2.20. The minimum atomic E-state index is -0.485. The van der Waals surface area contributed by atoms with Crippen LogP contribution in [-0.4, -0.2) is 89.1 Å². The smallest absolute Gasteiger partial charge is 0.310 e. The fraction of sp³-hybridized carbons (Fsp3) is 0.500. The number of hydrogen-bond donors (Lipinski definition) is 3. The zero-order valence-electron chi connectivity index (χ0n) is 23.1. The van der Waals surface area contributed by atoms with Gasteiger partial charge in [-0.2, -0.15) is 4.98 Å². The van der Waals surface area contributed by atoms with E-state index in [-0.39, 0.29) is 37.5 Å². The lowest BCUT2D eigenvalue weighted by Crippen LogP contribution is -2.42. The van der Waals surface area contributed by atoms with Crippen molar-refractivity contribution in [2.45, 2.75) is 45.2 Å². The van der Waals surface area contributed by atoms with Gasteiger partial charge in [-0.1, -0.05) is 25.8 Å². The fourth-order valence-electron chi connectivity index (χ4n) is 4.72. The van der Waals surface area contributed by atoms with Gasteiger partial charge in [-0.25, -0.2) is 4.98 Å². The van der Waals surface area contributed by atoms with Gasteiger partial charge >= 0.3 is 5.97 Å². The summed E-state index contributed by atoms with van der Waals surface area (Å²) < 4.78 is 18.1. The van der Waals surface area contributed by atoms with E-state index in [0.717, 1.165) is 35.9 Å². The van der Waals surface area contributed by atoms with E-state index in [1.807, 2.05) is 29.0 Å². The maximum absolute atomic E-state index is 12.5. The van der Waals surface area contributed by atoms with Crippen molar-refractivity contribution < 1.29 is 28.9 Å². The maximum Gasteiger partial charge on any atom is 0.310 e. The zero-order valence-corrected chi connectivity index (χ0v) is 23.1. The Kier molecular flexibility index (Phi) is 10.1. The van der Waals surface area contributed by atoms with Crippen LogP contribution in [0.4, 0.5) is 11.8 Å². The van der Waals surface area contributed by atoms with E-state index in [2.05, 4.69) is 22.2 Å². The molecule has 0 bridgehead atoms. The number of carbonyl (C=O) groups excluding carboxylic acids is 2. The Morgan fingerprint density at radius 2 is 2.02 bits per heavy atom. The number of hydrogen-bond acceptors (Lipinski definition) is 10. The molecule has 216 valence electrons. The second kappa shape index (κ2) is 13.9. The van der Waals surface area contributed by atoms with Gasteiger partial charge in [-0.3, -0.25) is 9.59 Å². The lowest BCUT2D eigenvalue weighted by Gasteiger charge is -2.26. The third kappa shape index (κ3) is 7.39. The molecule has 4 N–H and O–H groups in total. The van der Waals surface area contributed by atoms with Crippen molar-refractivity contribution in [3.05, 3.63) is 41.6 Å². The molecule has 12 heteroatoms. The van der Waals surface area contributed by atoms with E-state index < -0.39 is 5.97 Å². The number of morpholine rings is 1. The van der Waals surface area contributed by atoms with Gasteiger partial charge in [0, 0.05) is 24.8 Å². The summed E-state index contributed by atoms with van der Waals surface area (Å²) in [5.41, 5.74) is 8.96. The number of anilines is 2. The average molecular weight is 555 g/mol. The summed E-state index contributed by atoms with van der Waals surface area (Å²) in [7, 11) is 1.59. The summed E-state index contributed by atoms with van der Waals surface area (Å²) >= 11 is 0. The van der Waals surface area contributed by atoms with Crippen LogP contribution in [0.15, 0.2) is 30.5 Å². The quantitative estimate of drug-likeness (QED) is 0.267. The van der Waals surface area contributed by atoms with Crippen molar-refractivity contribution in [3.8, 4) is 5.75 Å². The molecule has 0 aliphatic carbocycles. The van der Waals surface area contributed by atoms with Crippen LogP contribution in [0.25, 0.3) is 11.0 Å². The number of nitrogens with two attached hydrogens (primary N) is 1. The fourth-order valence-corrected chi connectivity index (χ4v) is 4.72. The number of methoxy groups -OCH3 is 1. The number of nitrogens with zero attached hydrogens (tertiary/aromatic N) is 4. The van der Waals surface area contributed by atoms with Gasteiger partial charge < -0.3 is 39.8 Å². The number of unbranched alkanes of at least 4 members (excludes halogenated alkanes) is 1. The molecule has 1 atom stereocenters. The zero-order chi connectivity index (χ0) is 28.5. The molecule has 0 saturated carbocycles. The molecule has 3 heterocycles. The van der Waals surface area contributed by atoms with E-state index in [1.54, 1.807) is 18.1 Å². The number of fused-ring (bicyclic) bond motifs is 1. The molecule has 1 aliphatic heterocycles. The molecule has 1 fully saturated rings. The van der Waals surface area contributed by atoms with Gasteiger partial charge in [0.15, 0.2) is 12.4 Å². The number of esters is 1. The van der Waals surface area contributed by atoms with Gasteiger partial charge in [0.05, 0.1) is 51.5 Å². The van der Waals surface area contributed by atoms with Crippen molar-refractivity contribution in [2.75, 3.05) is 57.7 Å². The number of nitrogens with one attached hydrogen (secondary N) is 1. The molecule has 3 aromatic rings. The van der Waals surface area contributed by atoms with Crippen LogP contribution in [-0.2, 0) is 32.0 Å². The number of aliphatic hydroxyl groups excluding tert-OH is 1. The summed E-state index contributed by atoms with van der Waals surface area (Å²) in [5, 5.41) is 13.2. The number of rotatable bonds is 13. The minimum absolute atomic E-state index is 0.0157. The van der Waals surface area contributed by atoms with Crippen molar-refractivity contribution in [1.82, 2.24) is 19.4 Å². The molecule has 40 heavy (non-hydrogen) atoms. The first-order valence-electron chi connectivity index (χ1n) is 13.6. The van der Waals surface area contributed by atoms with Crippen LogP contribution >= 0.6 is 0 Å². The topological polar surface area (TPSA) is 154 Å². The lowest BCUT2D eigenvalue weighted by molar-refractivity contribution is -0.153. The molecule has 12 nitrogen and oxygen atoms in total. The maximum atomic E-state index is 12.5. The summed E-state index contributed by atoms with van der Waals surface area (Å²) in [6.07, 6.45) is 4.69. The summed E-state index contributed by atoms with van der Waals surface area (Å²) in [6, 6.07) is 7.19. The highest BCUT2D eigenvalue weighted by Crippen LogP contribution is 2.28. The van der Waals surface area contributed by atoms with Crippen LogP contribution in [0.3, 0.4) is 0 Å². The average Bonchev–Trinajstić information content (AvgIpc) is 3.36. The standard InChI is InChI=1S/C28H38N6O6/c1-3-4-5-21(17-35)30-27-26-22(31-28(29)32-27)8-9-34(26)16-20-14-19(6-7-23(20)38-2)15-25(37)40-18-24(36)33-10-12-39-13-11-33/h6-9,14,21,35H,3-5,10-13,15-18H2,1-2H3,(H3,29,30,31,32)/t21-/m0/s1. The molecule has 1 saturated heterocycles. The third-order valence-electron chi connectivity index (χ3n) is 6.85. The van der Waals surface area contributed by atoms with Crippen LogP contribution in [0.5, 0.6) is 5.75 Å². The van der Waals surface area contributed by atoms with Gasteiger partial charge in [-0.15, -0.1) is 0 Å². The number of carbonyl (C=O) groups is 2. The molecule has 1 amide bonds. The Morgan fingerprint density at radius 1 is 1.23 bits per heavy atom. The van der Waals surface area contributed by atoms with Crippen molar-refractivity contribution in [3.63, 3.8) is 0 Å². The summed E-state index contributed by atoms with van der Waals surface area (Å²) in [5.74, 6) is 0.638. The van der Waals surface area contributed by atoms with E-state index >= 15 is 0 Å². The molecule has 0 spiro atoms. The number of nitrogen functional groups attached to an aromatic ring is 1. The van der Waals surface area contributed by atoms with E-state index in [0.29, 0.717) is 49.9 Å². The third-order valence-corrected chi connectivity index (χ3v) is 6.85. The van der Waals surface area contributed by atoms with Crippen LogP contribution in [0.1, 0.15) is 37.3 Å². The first kappa shape index (κ1) is 29.1. The molecule has 0 unspecified atom stereocenters. The molecule has 0 radical (unpaired) electrons. The Hall–Kier alpha value is -3.90. The molecule has 1 aromatic carbocycles. The normalized spacial score (nSPS) is 14.2. The highest BCUT2D eigenvalue weighted by atomic mass is 16.5. The molecule has 2 aromatic heterocycles. The minimum Gasteiger partial charge on any atom is -0.496 e. The number of aromatic nitrogens is 3. The molecule has 4 rings (SSSR count). The van der Waals surface area contributed by atoms with Gasteiger partial charge in [-0.05, 0) is 30.2 Å². The predicted molar refractivity (Wildman–Crippen MR) is 150 cm³/mol. The number of benzene rings is 1. The Labute approximate surface area is 233 Å².